The maximum Gasteiger partial charge on any atom is 0.0992 e. The van der Waals surface area contributed by atoms with Crippen molar-refractivity contribution in [3.05, 3.63) is 0 Å². The fourth-order valence-corrected chi connectivity index (χ4v) is 0.291. The summed E-state index contributed by atoms with van der Waals surface area (Å²) in [6.07, 6.45) is 1.77. The fraction of sp³-hybridized carbons (Fsp3) is 0.833. The second kappa shape index (κ2) is 4.32. The molecule has 0 aliphatic carbocycles. The lowest BCUT2D eigenvalue weighted by Gasteiger charge is -2.09. The molecule has 0 radical (unpaired) electrons. The summed E-state index contributed by atoms with van der Waals surface area (Å²) in [6.45, 7) is 4.08. The first-order valence-electron chi connectivity index (χ1n) is 3.10. The molecule has 0 heterocycles. The van der Waals surface area contributed by atoms with Gasteiger partial charge in [0.05, 0.1) is 6.34 Å². The predicted molar refractivity (Wildman–Crippen MR) is 40.5 cm³/mol. The first-order valence-corrected chi connectivity index (χ1v) is 3.10. The molecule has 0 fully saturated rings. The fourth-order valence-electron chi connectivity index (χ4n) is 0.291. The minimum absolute atomic E-state index is 0.376. The topological polar surface area (TPSA) is 27.6 Å². The van der Waals surface area contributed by atoms with Gasteiger partial charge in [-0.1, -0.05) is 0 Å². The second-order valence-corrected chi connectivity index (χ2v) is 2.19. The molecule has 0 aromatic rings. The number of nitrogens with one attached hydrogen (secondary N) is 1. The van der Waals surface area contributed by atoms with Crippen LogP contribution in [0, 0.1) is 0 Å². The lowest BCUT2D eigenvalue weighted by Crippen LogP contribution is -2.29. The second-order valence-electron chi connectivity index (χ2n) is 2.19. The molecule has 0 aromatic carbocycles. The van der Waals surface area contributed by atoms with Crippen LogP contribution in [-0.2, 0) is 0 Å². The van der Waals surface area contributed by atoms with Crippen LogP contribution in [0.3, 0.4) is 0 Å². The minimum Gasteiger partial charge on any atom is -0.302 e. The summed E-state index contributed by atoms with van der Waals surface area (Å²) < 4.78 is 0. The molecule has 0 aromatic heterocycles. The summed E-state index contributed by atoms with van der Waals surface area (Å²) >= 11 is 0. The van der Waals surface area contributed by atoms with E-state index >= 15 is 0 Å². The average Bonchev–Trinajstić information content (AvgIpc) is 1.83. The molecule has 0 rings (SSSR count). The lowest BCUT2D eigenvalue weighted by atomic mass is 10.4. The van der Waals surface area contributed by atoms with Crippen molar-refractivity contribution in [3.8, 4) is 0 Å². The normalized spacial score (nSPS) is 11.2. The summed E-state index contributed by atoms with van der Waals surface area (Å²) in [5.74, 6) is 0. The van der Waals surface area contributed by atoms with Crippen LogP contribution < -0.4 is 5.43 Å². The van der Waals surface area contributed by atoms with Crippen molar-refractivity contribution in [2.75, 3.05) is 14.1 Å². The summed E-state index contributed by atoms with van der Waals surface area (Å²) in [6, 6.07) is 0.376. The highest BCUT2D eigenvalue weighted by molar-refractivity contribution is 5.53. The Morgan fingerprint density at radius 1 is 1.56 bits per heavy atom. The summed E-state index contributed by atoms with van der Waals surface area (Å²) in [7, 11) is 3.76. The van der Waals surface area contributed by atoms with E-state index < -0.39 is 0 Å². The van der Waals surface area contributed by atoms with Crippen LogP contribution in [0.4, 0.5) is 0 Å². The van der Waals surface area contributed by atoms with E-state index in [4.69, 9.17) is 0 Å². The Hall–Kier alpha value is -0.570. The van der Waals surface area contributed by atoms with E-state index in [1.165, 1.54) is 0 Å². The zero-order valence-corrected chi connectivity index (χ0v) is 6.55. The zero-order chi connectivity index (χ0) is 7.28. The molecule has 0 saturated heterocycles. The van der Waals surface area contributed by atoms with E-state index in [9.17, 15) is 0 Å². The van der Waals surface area contributed by atoms with Crippen molar-refractivity contribution < 1.29 is 0 Å². The number of hydrogen-bond acceptors (Lipinski definition) is 2. The molecule has 3 heteroatoms. The largest absolute Gasteiger partial charge is 0.302 e. The van der Waals surface area contributed by atoms with Crippen molar-refractivity contribution in [3.63, 3.8) is 0 Å². The van der Waals surface area contributed by atoms with Gasteiger partial charge >= 0.3 is 0 Å². The third-order valence-electron chi connectivity index (χ3n) is 0.891. The predicted octanol–water partition coefficient (Wildman–Crippen LogP) is 0.489. The Morgan fingerprint density at radius 2 is 2.11 bits per heavy atom. The zero-order valence-electron chi connectivity index (χ0n) is 6.55. The van der Waals surface area contributed by atoms with Gasteiger partial charge in [-0.2, -0.15) is 0 Å². The molecular weight excluding hydrogens is 114 g/mol. The van der Waals surface area contributed by atoms with E-state index in [2.05, 4.69) is 10.4 Å². The Balaban J connectivity index is 3.43. The van der Waals surface area contributed by atoms with Gasteiger partial charge in [-0.05, 0) is 13.8 Å². The van der Waals surface area contributed by atoms with Gasteiger partial charge in [0.1, 0.15) is 0 Å². The first kappa shape index (κ1) is 8.43. The van der Waals surface area contributed by atoms with Gasteiger partial charge in [-0.25, -0.2) is 5.43 Å². The number of aliphatic imine (C=N–C) groups is 1. The van der Waals surface area contributed by atoms with E-state index in [-0.39, 0.29) is 0 Å². The van der Waals surface area contributed by atoms with Gasteiger partial charge in [-0.15, -0.1) is 0 Å². The third-order valence-corrected chi connectivity index (χ3v) is 0.891. The van der Waals surface area contributed by atoms with Gasteiger partial charge < -0.3 is 5.01 Å². The standard InChI is InChI=1S/C6H15N3/c1-6(2)8-5-9(4)7-3/h5-7H,1-4H3. The summed E-state index contributed by atoms with van der Waals surface area (Å²) in [5.41, 5.74) is 2.90. The maximum absolute atomic E-state index is 4.13. The highest BCUT2D eigenvalue weighted by atomic mass is 15.5. The van der Waals surface area contributed by atoms with Crippen LogP contribution in [0.1, 0.15) is 13.8 Å². The van der Waals surface area contributed by atoms with Crippen LogP contribution in [0.2, 0.25) is 0 Å². The molecule has 0 unspecified atom stereocenters. The Kier molecular flexibility index (Phi) is 4.05. The Labute approximate surface area is 56.7 Å². The molecule has 0 bridgehead atoms. The first-order chi connectivity index (χ1) is 4.16. The van der Waals surface area contributed by atoms with Crippen molar-refractivity contribution in [2.45, 2.75) is 19.9 Å². The van der Waals surface area contributed by atoms with E-state index in [1.807, 2.05) is 27.9 Å². The molecule has 54 valence electrons. The molecule has 0 aliphatic rings. The number of hydrazine groups is 1. The van der Waals surface area contributed by atoms with Crippen LogP contribution in [0.25, 0.3) is 0 Å². The molecular formula is C6H15N3. The van der Waals surface area contributed by atoms with Gasteiger partial charge in [0, 0.05) is 20.1 Å². The highest BCUT2D eigenvalue weighted by Gasteiger charge is 1.84. The average molecular weight is 129 g/mol. The van der Waals surface area contributed by atoms with Gasteiger partial charge in [0.15, 0.2) is 0 Å². The molecule has 0 saturated carbocycles. The minimum atomic E-state index is 0.376. The Bertz CT molecular complexity index is 88.3. The van der Waals surface area contributed by atoms with Crippen molar-refractivity contribution in [1.29, 1.82) is 0 Å². The Morgan fingerprint density at radius 3 is 2.44 bits per heavy atom. The summed E-state index contributed by atoms with van der Waals surface area (Å²) in [5, 5.41) is 1.81. The van der Waals surface area contributed by atoms with Crippen molar-refractivity contribution >= 4 is 6.34 Å². The monoisotopic (exact) mass is 129 g/mol. The number of nitrogens with zero attached hydrogens (tertiary/aromatic N) is 2. The van der Waals surface area contributed by atoms with E-state index in [1.54, 1.807) is 11.3 Å². The molecule has 0 aliphatic heterocycles. The van der Waals surface area contributed by atoms with E-state index in [0.29, 0.717) is 6.04 Å². The van der Waals surface area contributed by atoms with Crippen LogP contribution in [0.15, 0.2) is 4.99 Å². The smallest absolute Gasteiger partial charge is 0.0992 e. The molecule has 3 nitrogen and oxygen atoms in total. The van der Waals surface area contributed by atoms with Gasteiger partial charge in [-0.3, -0.25) is 4.99 Å². The molecule has 1 N–H and O–H groups in total. The van der Waals surface area contributed by atoms with Gasteiger partial charge in [0.25, 0.3) is 0 Å². The number of hydrogen-bond donors (Lipinski definition) is 1. The van der Waals surface area contributed by atoms with Crippen LogP contribution in [-0.4, -0.2) is 31.5 Å². The van der Waals surface area contributed by atoms with Crippen LogP contribution >= 0.6 is 0 Å². The van der Waals surface area contributed by atoms with Crippen LogP contribution in [0.5, 0.6) is 0 Å². The lowest BCUT2D eigenvalue weighted by molar-refractivity contribution is 0.419. The molecule has 0 atom stereocenters. The molecule has 0 amide bonds. The summed E-state index contributed by atoms with van der Waals surface area (Å²) in [4.78, 5) is 4.13. The van der Waals surface area contributed by atoms with Crippen molar-refractivity contribution in [1.82, 2.24) is 10.4 Å². The van der Waals surface area contributed by atoms with Crippen molar-refractivity contribution in [2.24, 2.45) is 4.99 Å². The van der Waals surface area contributed by atoms with E-state index in [0.717, 1.165) is 0 Å². The maximum atomic E-state index is 4.13. The van der Waals surface area contributed by atoms with Gasteiger partial charge in [0.2, 0.25) is 0 Å². The molecule has 9 heavy (non-hydrogen) atoms. The SMILES string of the molecule is CNN(C)C=NC(C)C. The molecule has 0 spiro atoms. The highest BCUT2D eigenvalue weighted by Crippen LogP contribution is 1.82. The third kappa shape index (κ3) is 5.30. The number of rotatable bonds is 3. The quantitative estimate of drug-likeness (QED) is 0.341.